The number of carbonyl (C=O) groups excluding carboxylic acids is 3. The molecule has 12 nitrogen and oxygen atoms in total. The molecule has 2 aliphatic carbocycles. The molecule has 44 heavy (non-hydrogen) atoms. The van der Waals surface area contributed by atoms with E-state index >= 15 is 0 Å². The zero-order chi connectivity index (χ0) is 31.7. The quantitative estimate of drug-likeness (QED) is 0.305. The third-order valence-corrected chi connectivity index (χ3v) is 9.29. The fourth-order valence-corrected chi connectivity index (χ4v) is 6.86. The molecule has 0 spiro atoms. The van der Waals surface area contributed by atoms with Gasteiger partial charge in [-0.05, 0) is 19.9 Å². The highest BCUT2D eigenvalue weighted by atomic mass is 19.1. The predicted molar refractivity (Wildman–Crippen MR) is 148 cm³/mol. The van der Waals surface area contributed by atoms with Crippen molar-refractivity contribution < 1.29 is 58.1 Å². The first-order valence-electron chi connectivity index (χ1n) is 14.5. The van der Waals surface area contributed by atoms with Crippen LogP contribution in [0.2, 0.25) is 0 Å². The number of rotatable bonds is 5. The van der Waals surface area contributed by atoms with Gasteiger partial charge in [0.2, 0.25) is 5.78 Å². The number of hydrogen-bond donors (Lipinski definition) is 4. The number of halogens is 1. The number of aliphatic hydroxyl groups excluding tert-OH is 1. The average Bonchev–Trinajstić information content (AvgIpc) is 2.99. The van der Waals surface area contributed by atoms with Crippen LogP contribution in [0.25, 0.3) is 0 Å². The normalized spacial score (nSPS) is 32.1. The van der Waals surface area contributed by atoms with Crippen molar-refractivity contribution in [2.75, 3.05) is 26.8 Å². The van der Waals surface area contributed by atoms with Crippen molar-refractivity contribution in [1.82, 2.24) is 4.90 Å². The minimum Gasteiger partial charge on any atom is -0.507 e. The van der Waals surface area contributed by atoms with Crippen LogP contribution in [0.15, 0.2) is 18.2 Å². The Bertz CT molecular complexity index is 1550. The molecule has 2 heterocycles. The Morgan fingerprint density at radius 3 is 2.55 bits per heavy atom. The van der Waals surface area contributed by atoms with Crippen LogP contribution in [0.1, 0.15) is 75.8 Å². The van der Waals surface area contributed by atoms with Gasteiger partial charge in [0.05, 0.1) is 41.6 Å². The Labute approximate surface area is 251 Å². The number of aromatic hydroxyl groups is 2. The number of nitrogens with zero attached hydrogens (tertiary/aromatic N) is 1. The van der Waals surface area contributed by atoms with Gasteiger partial charge >= 0.3 is 0 Å². The van der Waals surface area contributed by atoms with Gasteiger partial charge in [0.15, 0.2) is 24.1 Å². The minimum absolute atomic E-state index is 0.113. The summed E-state index contributed by atoms with van der Waals surface area (Å²) in [6.07, 6.45) is -5.15. The first-order chi connectivity index (χ1) is 20.9. The number of hydrogen-bond acceptors (Lipinski definition) is 12. The molecule has 0 radical (unpaired) electrons. The van der Waals surface area contributed by atoms with Crippen LogP contribution >= 0.6 is 0 Å². The lowest BCUT2D eigenvalue weighted by Crippen LogP contribution is -2.59. The summed E-state index contributed by atoms with van der Waals surface area (Å²) in [4.78, 5) is 41.6. The van der Waals surface area contributed by atoms with E-state index in [-0.39, 0.29) is 29.5 Å². The Morgan fingerprint density at radius 1 is 1.11 bits per heavy atom. The highest BCUT2D eigenvalue weighted by Gasteiger charge is 2.50. The number of phenolic OH excluding ortho intramolecular Hbond substituents is 2. The number of methoxy groups -OCH3 is 1. The van der Waals surface area contributed by atoms with Gasteiger partial charge in [0.1, 0.15) is 22.9 Å². The molecule has 4 aliphatic rings. The fourth-order valence-electron chi connectivity index (χ4n) is 6.86. The van der Waals surface area contributed by atoms with E-state index in [2.05, 4.69) is 0 Å². The smallest absolute Gasteiger partial charge is 0.201 e. The molecule has 0 saturated carbocycles. The van der Waals surface area contributed by atoms with Gasteiger partial charge in [-0.2, -0.15) is 0 Å². The average molecular weight is 616 g/mol. The molecular formula is C31H34FNO11. The monoisotopic (exact) mass is 615 g/mol. The Balaban J connectivity index is 1.41. The lowest BCUT2D eigenvalue weighted by atomic mass is 9.72. The van der Waals surface area contributed by atoms with Gasteiger partial charge < -0.3 is 39.4 Å². The van der Waals surface area contributed by atoms with E-state index in [9.17, 15) is 39.2 Å². The molecule has 6 rings (SSSR count). The lowest BCUT2D eigenvalue weighted by Gasteiger charge is -2.47. The summed E-state index contributed by atoms with van der Waals surface area (Å²) in [6.45, 7) is 4.09. The van der Waals surface area contributed by atoms with Gasteiger partial charge in [0.25, 0.3) is 0 Å². The molecule has 13 heteroatoms. The number of phenols is 2. The maximum atomic E-state index is 14.8. The van der Waals surface area contributed by atoms with E-state index in [1.807, 2.05) is 4.90 Å². The zero-order valence-corrected chi connectivity index (χ0v) is 24.4. The zero-order valence-electron chi connectivity index (χ0n) is 24.4. The van der Waals surface area contributed by atoms with Crippen LogP contribution in [0, 0.1) is 5.82 Å². The molecule has 2 fully saturated rings. The van der Waals surface area contributed by atoms with Crippen LogP contribution in [0.3, 0.4) is 0 Å². The second kappa shape index (κ2) is 11.2. The Kier molecular flexibility index (Phi) is 7.85. The van der Waals surface area contributed by atoms with Crippen LogP contribution in [-0.2, 0) is 30.2 Å². The number of benzene rings is 2. The van der Waals surface area contributed by atoms with Gasteiger partial charge in [-0.1, -0.05) is 12.1 Å². The largest absolute Gasteiger partial charge is 0.507 e. The second-order valence-corrected chi connectivity index (χ2v) is 11.8. The number of carbonyl (C=O) groups is 3. The maximum Gasteiger partial charge on any atom is 0.201 e. The van der Waals surface area contributed by atoms with Gasteiger partial charge in [-0.25, -0.2) is 4.39 Å². The predicted octanol–water partition coefficient (Wildman–Crippen LogP) is 1.51. The lowest BCUT2D eigenvalue weighted by molar-refractivity contribution is -0.266. The summed E-state index contributed by atoms with van der Waals surface area (Å²) < 4.78 is 37.9. The van der Waals surface area contributed by atoms with Crippen molar-refractivity contribution in [3.8, 4) is 11.5 Å². The summed E-state index contributed by atoms with van der Waals surface area (Å²) in [5.74, 6) is -4.92. The van der Waals surface area contributed by atoms with Crippen LogP contribution in [0.4, 0.5) is 4.39 Å². The molecule has 0 aromatic heterocycles. The molecule has 4 N–H and O–H groups in total. The molecule has 1 unspecified atom stereocenters. The first-order valence-corrected chi connectivity index (χ1v) is 14.5. The highest BCUT2D eigenvalue weighted by Crippen LogP contribution is 2.52. The molecular weight excluding hydrogens is 581 g/mol. The summed E-state index contributed by atoms with van der Waals surface area (Å²) in [5, 5.41) is 45.4. The number of ether oxygens (including phenoxy) is 4. The molecule has 0 amide bonds. The van der Waals surface area contributed by atoms with E-state index in [4.69, 9.17) is 18.9 Å². The van der Waals surface area contributed by atoms with Crippen molar-refractivity contribution in [3.63, 3.8) is 0 Å². The SMILES string of the molecule is CO[C@@H]1CN(C2C[C@H](O[C@H]3C[C@](O)(C(C)=O)Cc4c(O)c5c(c(O)c43)C(=O)c3c(F)cccc3C5=O)O[C@@H](C)[C@H]2O)CCO1. The summed E-state index contributed by atoms with van der Waals surface area (Å²) in [5.41, 5.74) is -4.26. The third-order valence-electron chi connectivity index (χ3n) is 9.29. The topological polar surface area (TPSA) is 172 Å². The minimum atomic E-state index is -2.06. The van der Waals surface area contributed by atoms with E-state index < -0.39 is 100 Å². The molecule has 2 aliphatic heterocycles. The van der Waals surface area contributed by atoms with Crippen molar-refractivity contribution in [3.05, 3.63) is 57.4 Å². The third kappa shape index (κ3) is 4.83. The van der Waals surface area contributed by atoms with Crippen molar-refractivity contribution >= 4 is 17.3 Å². The van der Waals surface area contributed by atoms with Gasteiger partial charge in [0, 0.05) is 62.2 Å². The molecule has 0 bridgehead atoms. The van der Waals surface area contributed by atoms with E-state index in [1.54, 1.807) is 6.92 Å². The number of Topliss-reactive ketones (excluding diaryl/α,β-unsaturated/α-hetero) is 1. The van der Waals surface area contributed by atoms with E-state index in [1.165, 1.54) is 26.2 Å². The molecule has 2 aromatic rings. The van der Waals surface area contributed by atoms with Crippen LogP contribution < -0.4 is 0 Å². The molecule has 2 aromatic carbocycles. The Morgan fingerprint density at radius 2 is 1.84 bits per heavy atom. The van der Waals surface area contributed by atoms with Crippen LogP contribution in [0.5, 0.6) is 11.5 Å². The first kappa shape index (κ1) is 30.7. The van der Waals surface area contributed by atoms with Crippen LogP contribution in [-0.4, -0.2) is 106 Å². The summed E-state index contributed by atoms with van der Waals surface area (Å²) >= 11 is 0. The summed E-state index contributed by atoms with van der Waals surface area (Å²) in [7, 11) is 1.52. The maximum absolute atomic E-state index is 14.8. The summed E-state index contributed by atoms with van der Waals surface area (Å²) in [6, 6.07) is 3.05. The molecule has 236 valence electrons. The van der Waals surface area contributed by atoms with Gasteiger partial charge in [-0.3, -0.25) is 19.3 Å². The number of ketones is 3. The number of morpholine rings is 1. The van der Waals surface area contributed by atoms with E-state index in [0.717, 1.165) is 6.07 Å². The van der Waals surface area contributed by atoms with Crippen molar-refractivity contribution in [1.29, 1.82) is 0 Å². The van der Waals surface area contributed by atoms with Crippen molar-refractivity contribution in [2.24, 2.45) is 0 Å². The highest BCUT2D eigenvalue weighted by molar-refractivity contribution is 6.30. The number of aliphatic hydroxyl groups is 2. The second-order valence-electron chi connectivity index (χ2n) is 11.8. The molecule has 2 saturated heterocycles. The standard InChI is InChI=1S/C31H34FNO11/c1-13-26(35)18(33-7-8-42-21(12-33)41-3)9-20(43-13)44-19-11-31(40,14(2)34)10-16-23(19)30(39)25-24(28(16)37)27(36)15-5-4-6-17(32)22(15)29(25)38/h4-6,13,18-21,26,35,37,39-40H,7-12H2,1-3H3/t13-,18?,19-,20-,21-,26+,31-/m0/s1. The fraction of sp³-hybridized carbons (Fsp3) is 0.516. The van der Waals surface area contributed by atoms with Crippen molar-refractivity contribution in [2.45, 2.75) is 75.6 Å². The molecule has 7 atom stereocenters. The van der Waals surface area contributed by atoms with E-state index in [0.29, 0.717) is 19.7 Å². The Hall–Kier alpha value is -3.30. The number of fused-ring (bicyclic) bond motifs is 3. The van der Waals surface area contributed by atoms with Gasteiger partial charge in [-0.15, -0.1) is 0 Å².